The monoisotopic (exact) mass is 660 g/mol. The lowest BCUT2D eigenvalue weighted by atomic mass is 9.36. The van der Waals surface area contributed by atoms with E-state index >= 15 is 0 Å². The summed E-state index contributed by atoms with van der Waals surface area (Å²) < 4.78 is 14.8. The van der Waals surface area contributed by atoms with Gasteiger partial charge in [0, 0.05) is 21.3 Å². The minimum atomic E-state index is -3.00. The van der Waals surface area contributed by atoms with Gasteiger partial charge in [-0.25, -0.2) is 0 Å². The molecule has 0 radical (unpaired) electrons. The van der Waals surface area contributed by atoms with Crippen LogP contribution in [-0.4, -0.2) is 6.71 Å². The number of hydrogen-bond donors (Lipinski definition) is 0. The van der Waals surface area contributed by atoms with Crippen LogP contribution in [0.1, 0.15) is 36.1 Å². The van der Waals surface area contributed by atoms with Gasteiger partial charge in [0.25, 0.3) is 0 Å². The van der Waals surface area contributed by atoms with Crippen LogP contribution in [0.4, 0.5) is 0 Å². The Hall–Kier alpha value is -5.43. The fourth-order valence-electron chi connectivity index (χ4n) is 7.64. The summed E-state index contributed by atoms with van der Waals surface area (Å²) in [6.45, 7) is 4.87. The molecular formula is C47H38BOP. The summed E-state index contributed by atoms with van der Waals surface area (Å²) in [4.78, 5) is 0. The van der Waals surface area contributed by atoms with Crippen LogP contribution in [0.5, 0.6) is 0 Å². The van der Waals surface area contributed by atoms with Gasteiger partial charge in [-0.1, -0.05) is 224 Å². The summed E-state index contributed by atoms with van der Waals surface area (Å²) >= 11 is 0. The molecular weight excluding hydrogens is 622 g/mol. The van der Waals surface area contributed by atoms with Crippen molar-refractivity contribution in [3.05, 3.63) is 204 Å². The Balaban J connectivity index is 1.09. The third-order valence-corrected chi connectivity index (χ3v) is 13.4. The van der Waals surface area contributed by atoms with Crippen molar-refractivity contribution in [3.8, 4) is 11.1 Å². The highest BCUT2D eigenvalue weighted by Crippen LogP contribution is 2.48. The lowest BCUT2D eigenvalue weighted by molar-refractivity contribution is 0.592. The summed E-state index contributed by atoms with van der Waals surface area (Å²) in [5.74, 6) is 0. The Morgan fingerprint density at radius 2 is 0.860 bits per heavy atom. The Labute approximate surface area is 296 Å². The third-order valence-electron chi connectivity index (χ3n) is 10.3. The van der Waals surface area contributed by atoms with E-state index in [1.54, 1.807) is 0 Å². The lowest BCUT2D eigenvalue weighted by Gasteiger charge is -2.24. The van der Waals surface area contributed by atoms with Crippen LogP contribution in [0.25, 0.3) is 23.3 Å². The third kappa shape index (κ3) is 5.70. The first-order valence-corrected chi connectivity index (χ1v) is 19.0. The van der Waals surface area contributed by atoms with E-state index in [0.29, 0.717) is 0 Å². The second kappa shape index (κ2) is 13.1. The SMILES string of the molecule is CC1(C)c2cc(/C=C/c3ccc(P(=O)(c4ccccc4)c4ccccc4)cc3)ccc2-c2ccc(B(c3ccccc3)c3ccccc3)cc21. The van der Waals surface area contributed by atoms with Gasteiger partial charge in [-0.15, -0.1) is 0 Å². The molecule has 0 bridgehead atoms. The van der Waals surface area contributed by atoms with Gasteiger partial charge in [0.05, 0.1) is 0 Å². The van der Waals surface area contributed by atoms with Crippen molar-refractivity contribution in [1.82, 2.24) is 0 Å². The van der Waals surface area contributed by atoms with E-state index in [9.17, 15) is 4.57 Å². The summed E-state index contributed by atoms with van der Waals surface area (Å²) in [5.41, 5.74) is 11.4. The first-order chi connectivity index (χ1) is 24.4. The molecule has 0 spiro atoms. The molecule has 1 aliphatic carbocycles. The van der Waals surface area contributed by atoms with Crippen LogP contribution in [0.3, 0.4) is 0 Å². The molecule has 7 aromatic rings. The van der Waals surface area contributed by atoms with E-state index in [-0.39, 0.29) is 12.1 Å². The molecule has 3 heteroatoms. The van der Waals surface area contributed by atoms with Crippen LogP contribution in [-0.2, 0) is 9.98 Å². The van der Waals surface area contributed by atoms with E-state index in [0.717, 1.165) is 21.5 Å². The second-order valence-corrected chi connectivity index (χ2v) is 16.5. The van der Waals surface area contributed by atoms with E-state index in [2.05, 4.69) is 135 Å². The summed E-state index contributed by atoms with van der Waals surface area (Å²) in [5, 5.41) is 2.53. The Morgan fingerprint density at radius 1 is 0.440 bits per heavy atom. The average Bonchev–Trinajstić information content (AvgIpc) is 3.40. The zero-order valence-corrected chi connectivity index (χ0v) is 29.3. The van der Waals surface area contributed by atoms with E-state index in [1.165, 1.54) is 44.2 Å². The highest BCUT2D eigenvalue weighted by Gasteiger charge is 2.36. The van der Waals surface area contributed by atoms with Crippen molar-refractivity contribution in [2.45, 2.75) is 19.3 Å². The molecule has 0 unspecified atom stereocenters. The molecule has 1 nitrogen and oxygen atoms in total. The van der Waals surface area contributed by atoms with E-state index in [4.69, 9.17) is 0 Å². The largest absolute Gasteiger partial charge is 0.309 e. The Bertz CT molecular complexity index is 2260. The van der Waals surface area contributed by atoms with Crippen molar-refractivity contribution < 1.29 is 4.57 Å². The molecule has 8 rings (SSSR count). The molecule has 0 heterocycles. The fourth-order valence-corrected chi connectivity index (χ4v) is 10.3. The topological polar surface area (TPSA) is 17.1 Å². The van der Waals surface area contributed by atoms with Gasteiger partial charge in [-0.05, 0) is 33.4 Å². The van der Waals surface area contributed by atoms with Gasteiger partial charge < -0.3 is 4.57 Å². The zero-order valence-electron chi connectivity index (χ0n) is 28.4. The van der Waals surface area contributed by atoms with Crippen LogP contribution >= 0.6 is 7.14 Å². The van der Waals surface area contributed by atoms with E-state index in [1.807, 2.05) is 72.8 Å². The molecule has 0 saturated carbocycles. The Kier molecular flexibility index (Phi) is 8.35. The quantitative estimate of drug-likeness (QED) is 0.0911. The number of benzene rings is 7. The summed E-state index contributed by atoms with van der Waals surface area (Å²) in [6, 6.07) is 63.5. The smallest absolute Gasteiger partial charge is 0.241 e. The normalized spacial score (nSPS) is 13.2. The van der Waals surface area contributed by atoms with Crippen molar-refractivity contribution in [2.24, 2.45) is 0 Å². The molecule has 0 fully saturated rings. The van der Waals surface area contributed by atoms with Crippen molar-refractivity contribution in [3.63, 3.8) is 0 Å². The molecule has 0 aromatic heterocycles. The van der Waals surface area contributed by atoms with Gasteiger partial charge in [-0.3, -0.25) is 0 Å². The number of rotatable bonds is 8. The molecule has 0 aliphatic heterocycles. The molecule has 0 amide bonds. The molecule has 240 valence electrons. The maximum atomic E-state index is 14.8. The van der Waals surface area contributed by atoms with Gasteiger partial charge in [-0.2, -0.15) is 0 Å². The maximum Gasteiger partial charge on any atom is 0.241 e. The van der Waals surface area contributed by atoms with E-state index < -0.39 is 7.14 Å². The fraction of sp³-hybridized carbons (Fsp3) is 0.0638. The highest BCUT2D eigenvalue weighted by molar-refractivity contribution is 7.85. The van der Waals surface area contributed by atoms with Crippen LogP contribution in [0.15, 0.2) is 182 Å². The predicted octanol–water partition coefficient (Wildman–Crippen LogP) is 8.32. The first kappa shape index (κ1) is 31.8. The summed E-state index contributed by atoms with van der Waals surface area (Å²) in [7, 11) is -3.00. The molecule has 0 atom stereocenters. The van der Waals surface area contributed by atoms with Gasteiger partial charge in [0.1, 0.15) is 0 Å². The van der Waals surface area contributed by atoms with Crippen LogP contribution in [0.2, 0.25) is 0 Å². The Morgan fingerprint density at radius 3 is 1.40 bits per heavy atom. The second-order valence-electron chi connectivity index (χ2n) is 13.7. The number of fused-ring (bicyclic) bond motifs is 3. The van der Waals surface area contributed by atoms with Crippen molar-refractivity contribution in [1.29, 1.82) is 0 Å². The zero-order chi connectivity index (χ0) is 34.1. The van der Waals surface area contributed by atoms with Crippen molar-refractivity contribution >= 4 is 58.3 Å². The predicted molar refractivity (Wildman–Crippen MR) is 216 cm³/mol. The molecule has 7 aromatic carbocycles. The average molecular weight is 661 g/mol. The van der Waals surface area contributed by atoms with Crippen LogP contribution in [0, 0.1) is 0 Å². The maximum absolute atomic E-state index is 14.8. The standard InChI is InChI=1S/C47H38BOP/c1-47(2)45-33-36(24-23-35-25-29-42(30-26-35)50(49,40-19-11-5-12-20-40)41-21-13-6-14-22-41)27-31-43(45)44-32-28-39(34-46(44)47)48(37-15-7-3-8-16-37)38-17-9-4-10-18-38/h3-34H,1-2H3/b24-23+. The number of hydrogen-bond acceptors (Lipinski definition) is 1. The molecule has 0 saturated heterocycles. The molecule has 0 N–H and O–H groups in total. The molecule has 1 aliphatic rings. The van der Waals surface area contributed by atoms with Gasteiger partial charge >= 0.3 is 0 Å². The lowest BCUT2D eigenvalue weighted by Crippen LogP contribution is -2.52. The van der Waals surface area contributed by atoms with Crippen molar-refractivity contribution in [2.75, 3.05) is 0 Å². The first-order valence-electron chi connectivity index (χ1n) is 17.3. The van der Waals surface area contributed by atoms with Gasteiger partial charge in [0.2, 0.25) is 6.71 Å². The minimum absolute atomic E-state index is 0.139. The molecule has 50 heavy (non-hydrogen) atoms. The summed E-state index contributed by atoms with van der Waals surface area (Å²) in [6.07, 6.45) is 4.34. The minimum Gasteiger partial charge on any atom is -0.309 e. The highest BCUT2D eigenvalue weighted by atomic mass is 31.2. The van der Waals surface area contributed by atoms with Crippen LogP contribution < -0.4 is 32.3 Å². The van der Waals surface area contributed by atoms with Gasteiger partial charge in [0.15, 0.2) is 7.14 Å².